The second-order valence-corrected chi connectivity index (χ2v) is 7.50. The number of nitrogens with two attached hydrogens (primary N) is 1. The topological polar surface area (TPSA) is 92.0 Å². The highest BCUT2D eigenvalue weighted by atomic mass is 19.1. The Morgan fingerprint density at radius 1 is 1.16 bits per heavy atom. The van der Waals surface area contributed by atoms with Crippen LogP contribution in [0.4, 0.5) is 4.39 Å². The summed E-state index contributed by atoms with van der Waals surface area (Å²) in [5.41, 5.74) is 6.15. The lowest BCUT2D eigenvalue weighted by Crippen LogP contribution is -2.49. The maximum absolute atomic E-state index is 14.0. The van der Waals surface area contributed by atoms with Crippen LogP contribution in [-0.2, 0) is 11.3 Å². The summed E-state index contributed by atoms with van der Waals surface area (Å²) in [5, 5.41) is 6.75. The molecule has 1 aliphatic rings. The van der Waals surface area contributed by atoms with Crippen LogP contribution >= 0.6 is 0 Å². The lowest BCUT2D eigenvalue weighted by atomic mass is 10.1. The molecule has 1 heterocycles. The van der Waals surface area contributed by atoms with Crippen LogP contribution < -0.4 is 21.1 Å². The molecule has 166 valence electrons. The van der Waals surface area contributed by atoms with Crippen molar-refractivity contribution in [2.24, 2.45) is 10.7 Å². The maximum Gasteiger partial charge on any atom is 0.231 e. The first-order valence-corrected chi connectivity index (χ1v) is 10.6. The van der Waals surface area contributed by atoms with E-state index in [9.17, 15) is 9.18 Å². The molecule has 0 radical (unpaired) electrons. The van der Waals surface area contributed by atoms with E-state index in [0.717, 1.165) is 44.0 Å². The number of amides is 1. The van der Waals surface area contributed by atoms with Crippen molar-refractivity contribution in [2.75, 3.05) is 26.2 Å². The Kier molecular flexibility index (Phi) is 8.23. The molecule has 0 aliphatic carbocycles. The second kappa shape index (κ2) is 11.3. The fourth-order valence-corrected chi connectivity index (χ4v) is 3.51. The van der Waals surface area contributed by atoms with Gasteiger partial charge in [0.2, 0.25) is 5.91 Å². The number of halogens is 1. The zero-order valence-corrected chi connectivity index (χ0v) is 17.8. The number of likely N-dealkylation sites (tertiary alicyclic amines) is 1. The summed E-state index contributed by atoms with van der Waals surface area (Å²) in [6, 6.07) is 14.1. The van der Waals surface area contributed by atoms with Gasteiger partial charge in [-0.15, -0.1) is 0 Å². The average molecular weight is 428 g/mol. The Balaban J connectivity index is 1.63. The van der Waals surface area contributed by atoms with Gasteiger partial charge < -0.3 is 21.1 Å². The molecular weight excluding hydrogens is 397 g/mol. The molecular formula is C23H30FN5O2. The third-order valence-corrected chi connectivity index (χ3v) is 5.09. The smallest absolute Gasteiger partial charge is 0.231 e. The Labute approximate surface area is 182 Å². The van der Waals surface area contributed by atoms with E-state index >= 15 is 0 Å². The van der Waals surface area contributed by atoms with Crippen molar-refractivity contribution in [3.05, 3.63) is 59.9 Å². The molecule has 1 fully saturated rings. The van der Waals surface area contributed by atoms with Crippen LogP contribution in [-0.4, -0.2) is 49.0 Å². The van der Waals surface area contributed by atoms with Gasteiger partial charge in [-0.1, -0.05) is 30.3 Å². The Morgan fingerprint density at radius 3 is 2.52 bits per heavy atom. The SMILES string of the molecule is CCNC(=NCc1ccccc1Oc1ccccc1F)NC1CCN(CC(N)=O)CC1. The number of ether oxygens (including phenoxy) is 1. The highest BCUT2D eigenvalue weighted by molar-refractivity contribution is 5.80. The monoisotopic (exact) mass is 427 g/mol. The maximum atomic E-state index is 14.0. The van der Waals surface area contributed by atoms with Gasteiger partial charge in [-0.05, 0) is 38.0 Å². The van der Waals surface area contributed by atoms with Crippen LogP contribution in [0, 0.1) is 5.82 Å². The van der Waals surface area contributed by atoms with E-state index in [2.05, 4.69) is 15.5 Å². The second-order valence-electron chi connectivity index (χ2n) is 7.50. The van der Waals surface area contributed by atoms with Crippen LogP contribution in [0.5, 0.6) is 11.5 Å². The minimum atomic E-state index is -0.404. The normalized spacial score (nSPS) is 15.5. The van der Waals surface area contributed by atoms with E-state index < -0.39 is 5.82 Å². The molecule has 7 nitrogen and oxygen atoms in total. The first kappa shape index (κ1) is 22.6. The molecule has 2 aromatic rings. The third kappa shape index (κ3) is 6.96. The molecule has 0 saturated carbocycles. The molecule has 4 N–H and O–H groups in total. The van der Waals surface area contributed by atoms with Gasteiger partial charge in [-0.25, -0.2) is 9.38 Å². The molecule has 0 bridgehead atoms. The van der Waals surface area contributed by atoms with Crippen LogP contribution in [0.3, 0.4) is 0 Å². The van der Waals surface area contributed by atoms with Crippen molar-refractivity contribution in [1.29, 1.82) is 0 Å². The molecule has 0 atom stereocenters. The van der Waals surface area contributed by atoms with Crippen LogP contribution in [0.1, 0.15) is 25.3 Å². The number of hydrogen-bond acceptors (Lipinski definition) is 4. The Bertz CT molecular complexity index is 897. The number of carbonyl (C=O) groups is 1. The van der Waals surface area contributed by atoms with Crippen molar-refractivity contribution in [3.8, 4) is 11.5 Å². The van der Waals surface area contributed by atoms with Gasteiger partial charge in [0.1, 0.15) is 5.75 Å². The average Bonchev–Trinajstić information content (AvgIpc) is 2.76. The number of para-hydroxylation sites is 2. The van der Waals surface area contributed by atoms with Crippen molar-refractivity contribution in [3.63, 3.8) is 0 Å². The van der Waals surface area contributed by atoms with E-state index in [1.165, 1.54) is 6.07 Å². The van der Waals surface area contributed by atoms with Crippen molar-refractivity contribution >= 4 is 11.9 Å². The van der Waals surface area contributed by atoms with Crippen LogP contribution in [0.15, 0.2) is 53.5 Å². The molecule has 0 aromatic heterocycles. The zero-order valence-electron chi connectivity index (χ0n) is 17.8. The number of benzene rings is 2. The molecule has 3 rings (SSSR count). The minimum absolute atomic E-state index is 0.187. The number of carbonyl (C=O) groups excluding carboxylic acids is 1. The quantitative estimate of drug-likeness (QED) is 0.445. The van der Waals surface area contributed by atoms with Crippen molar-refractivity contribution in [2.45, 2.75) is 32.4 Å². The summed E-state index contributed by atoms with van der Waals surface area (Å²) in [6.07, 6.45) is 1.81. The minimum Gasteiger partial charge on any atom is -0.454 e. The highest BCUT2D eigenvalue weighted by Crippen LogP contribution is 2.27. The fourth-order valence-electron chi connectivity index (χ4n) is 3.51. The number of hydrogen-bond donors (Lipinski definition) is 3. The summed E-state index contributed by atoms with van der Waals surface area (Å²) >= 11 is 0. The summed E-state index contributed by atoms with van der Waals surface area (Å²) in [5.74, 6) is 0.784. The third-order valence-electron chi connectivity index (χ3n) is 5.09. The van der Waals surface area contributed by atoms with Crippen LogP contribution in [0.25, 0.3) is 0 Å². The van der Waals surface area contributed by atoms with Gasteiger partial charge >= 0.3 is 0 Å². The molecule has 2 aromatic carbocycles. The summed E-state index contributed by atoms with van der Waals surface area (Å²) < 4.78 is 19.8. The Hall–Kier alpha value is -3.13. The van der Waals surface area contributed by atoms with Crippen molar-refractivity contribution in [1.82, 2.24) is 15.5 Å². The predicted molar refractivity (Wildman–Crippen MR) is 120 cm³/mol. The number of nitrogens with zero attached hydrogens (tertiary/aromatic N) is 2. The van der Waals surface area contributed by atoms with Gasteiger partial charge in [0.15, 0.2) is 17.5 Å². The summed E-state index contributed by atoms with van der Waals surface area (Å²) in [4.78, 5) is 17.9. The zero-order chi connectivity index (χ0) is 22.1. The summed E-state index contributed by atoms with van der Waals surface area (Å²) in [6.45, 7) is 5.08. The first-order chi connectivity index (χ1) is 15.0. The van der Waals surface area contributed by atoms with E-state index in [4.69, 9.17) is 15.5 Å². The molecule has 0 spiro atoms. The number of aliphatic imine (C=N–C) groups is 1. The fraction of sp³-hybridized carbons (Fsp3) is 0.391. The van der Waals surface area contributed by atoms with Gasteiger partial charge in [-0.2, -0.15) is 0 Å². The van der Waals surface area contributed by atoms with E-state index in [0.29, 0.717) is 18.8 Å². The van der Waals surface area contributed by atoms with E-state index in [-0.39, 0.29) is 17.7 Å². The standard InChI is InChI=1S/C23H30FN5O2/c1-2-26-23(28-18-11-13-29(14-12-18)16-22(25)30)27-15-17-7-3-5-9-20(17)31-21-10-6-4-8-19(21)24/h3-10,18H,2,11-16H2,1H3,(H2,25,30)(H2,26,27,28). The van der Waals surface area contributed by atoms with Gasteiger partial charge in [0, 0.05) is 31.2 Å². The molecule has 1 aliphatic heterocycles. The van der Waals surface area contributed by atoms with Crippen LogP contribution in [0.2, 0.25) is 0 Å². The number of rotatable bonds is 8. The molecule has 8 heteroatoms. The largest absolute Gasteiger partial charge is 0.454 e. The molecule has 1 saturated heterocycles. The molecule has 0 unspecified atom stereocenters. The molecule has 31 heavy (non-hydrogen) atoms. The van der Waals surface area contributed by atoms with E-state index in [1.807, 2.05) is 31.2 Å². The first-order valence-electron chi connectivity index (χ1n) is 10.6. The van der Waals surface area contributed by atoms with Gasteiger partial charge in [0.25, 0.3) is 0 Å². The van der Waals surface area contributed by atoms with Crippen molar-refractivity contribution < 1.29 is 13.9 Å². The number of nitrogens with one attached hydrogen (secondary N) is 2. The lowest BCUT2D eigenvalue weighted by Gasteiger charge is -2.32. The summed E-state index contributed by atoms with van der Waals surface area (Å²) in [7, 11) is 0. The Morgan fingerprint density at radius 2 is 1.84 bits per heavy atom. The number of primary amides is 1. The number of guanidine groups is 1. The highest BCUT2D eigenvalue weighted by Gasteiger charge is 2.20. The molecule has 1 amide bonds. The number of piperidine rings is 1. The van der Waals surface area contributed by atoms with Gasteiger partial charge in [-0.3, -0.25) is 9.69 Å². The predicted octanol–water partition coefficient (Wildman–Crippen LogP) is 2.62. The lowest BCUT2D eigenvalue weighted by molar-refractivity contribution is -0.119. The van der Waals surface area contributed by atoms with E-state index in [1.54, 1.807) is 18.2 Å². The van der Waals surface area contributed by atoms with Gasteiger partial charge in [0.05, 0.1) is 13.1 Å².